The van der Waals surface area contributed by atoms with E-state index in [1.165, 1.54) is 0 Å². The highest BCUT2D eigenvalue weighted by Gasteiger charge is 2.29. The Morgan fingerprint density at radius 2 is 1.06 bits per heavy atom. The number of halogens is 2. The zero-order valence-electron chi connectivity index (χ0n) is 21.0. The van der Waals surface area contributed by atoms with Crippen molar-refractivity contribution in [1.29, 1.82) is 0 Å². The molecule has 0 heterocycles. The number of benzene rings is 2. The van der Waals surface area contributed by atoms with Gasteiger partial charge in [-0.2, -0.15) is 0 Å². The second-order valence-corrected chi connectivity index (χ2v) is 13.0. The molecule has 184 valence electrons. The smallest absolute Gasteiger partial charge is 0.251 e. The van der Waals surface area contributed by atoms with E-state index in [2.05, 4.69) is 84.0 Å². The summed E-state index contributed by atoms with van der Waals surface area (Å²) in [6.45, 7) is 12.9. The minimum Gasteiger partial charge on any atom is -0.347 e. The number of hydrogen-bond donors (Lipinski definition) is 2. The zero-order chi connectivity index (χ0) is 25.3. The molecule has 1 fully saturated rings. The van der Waals surface area contributed by atoms with E-state index < -0.39 is 0 Å². The summed E-state index contributed by atoms with van der Waals surface area (Å²) in [4.78, 5) is 26.1. The Morgan fingerprint density at radius 3 is 1.35 bits per heavy atom. The second-order valence-electron chi connectivity index (χ2n) is 11.3. The highest BCUT2D eigenvalue weighted by molar-refractivity contribution is 9.10. The molecule has 6 heteroatoms. The fourth-order valence-electron chi connectivity index (χ4n) is 4.51. The van der Waals surface area contributed by atoms with Gasteiger partial charge in [0.25, 0.3) is 11.8 Å². The molecule has 1 aliphatic carbocycles. The van der Waals surface area contributed by atoms with Crippen molar-refractivity contribution < 1.29 is 9.59 Å². The van der Waals surface area contributed by atoms with Crippen molar-refractivity contribution in [2.45, 2.75) is 90.1 Å². The second kappa shape index (κ2) is 10.5. The van der Waals surface area contributed by atoms with Gasteiger partial charge in [0.15, 0.2) is 0 Å². The van der Waals surface area contributed by atoms with E-state index in [9.17, 15) is 9.59 Å². The first kappa shape index (κ1) is 26.9. The van der Waals surface area contributed by atoms with Crippen LogP contribution < -0.4 is 10.6 Å². The van der Waals surface area contributed by atoms with Crippen LogP contribution in [-0.2, 0) is 10.8 Å². The molecule has 3 rings (SSSR count). The van der Waals surface area contributed by atoms with Gasteiger partial charge in [0.2, 0.25) is 0 Å². The average molecular weight is 592 g/mol. The van der Waals surface area contributed by atoms with Crippen molar-refractivity contribution in [2.24, 2.45) is 0 Å². The van der Waals surface area contributed by atoms with E-state index in [0.29, 0.717) is 11.1 Å². The summed E-state index contributed by atoms with van der Waals surface area (Å²) in [6.07, 6.45) is 3.78. The van der Waals surface area contributed by atoms with Crippen LogP contribution in [0.5, 0.6) is 0 Å². The summed E-state index contributed by atoms with van der Waals surface area (Å²) in [5.41, 5.74) is 3.56. The van der Waals surface area contributed by atoms with Crippen molar-refractivity contribution in [1.82, 2.24) is 10.6 Å². The predicted octanol–water partition coefficient (Wildman–Crippen LogP) is 7.28. The van der Waals surface area contributed by atoms with Gasteiger partial charge in [0.05, 0.1) is 0 Å². The van der Waals surface area contributed by atoms with Crippen molar-refractivity contribution in [2.75, 3.05) is 0 Å². The fraction of sp³-hybridized carbons (Fsp3) is 0.500. The van der Waals surface area contributed by atoms with Crippen LogP contribution in [0.15, 0.2) is 45.3 Å². The number of carbonyl (C=O) groups excluding carboxylic acids is 2. The maximum absolute atomic E-state index is 13.1. The van der Waals surface area contributed by atoms with Gasteiger partial charge in [-0.15, -0.1) is 0 Å². The summed E-state index contributed by atoms with van der Waals surface area (Å²) in [5.74, 6) is -0.214. The maximum atomic E-state index is 13.1. The average Bonchev–Trinajstić information content (AvgIpc) is 2.73. The topological polar surface area (TPSA) is 58.2 Å². The molecule has 4 nitrogen and oxygen atoms in total. The monoisotopic (exact) mass is 590 g/mol. The Labute approximate surface area is 220 Å². The van der Waals surface area contributed by atoms with Gasteiger partial charge < -0.3 is 10.6 Å². The molecule has 0 spiro atoms. The molecule has 0 bridgehead atoms. The maximum Gasteiger partial charge on any atom is 0.251 e. The number of carbonyl (C=O) groups is 2. The molecule has 0 radical (unpaired) electrons. The SMILES string of the molecule is CC(C)(C)c1ccc(C(=O)NC2CCCCC2NC(=O)c2ccc(C(C)(C)C)c(Br)c2)cc1Br. The molecular formula is C28H36Br2N2O2. The third-order valence-electron chi connectivity index (χ3n) is 6.48. The summed E-state index contributed by atoms with van der Waals surface area (Å²) >= 11 is 7.26. The van der Waals surface area contributed by atoms with Gasteiger partial charge in [-0.25, -0.2) is 0 Å². The van der Waals surface area contributed by atoms with Crippen LogP contribution in [-0.4, -0.2) is 23.9 Å². The molecule has 2 unspecified atom stereocenters. The van der Waals surface area contributed by atoms with Crippen molar-refractivity contribution in [3.8, 4) is 0 Å². The molecule has 2 N–H and O–H groups in total. The van der Waals surface area contributed by atoms with Gasteiger partial charge in [-0.05, 0) is 59.1 Å². The standard InChI is InChI=1S/C28H36Br2N2O2/c1-27(2,3)19-13-11-17(15-21(19)29)25(33)31-23-9-7-8-10-24(23)32-26(34)18-12-14-20(22(30)16-18)28(4,5)6/h11-16,23-24H,7-10H2,1-6H3,(H,31,33)(H,32,34). The van der Waals surface area contributed by atoms with Gasteiger partial charge in [-0.1, -0.05) is 98.4 Å². The summed E-state index contributed by atoms with van der Waals surface area (Å²) < 4.78 is 1.87. The first-order chi connectivity index (χ1) is 15.8. The first-order valence-corrected chi connectivity index (χ1v) is 13.6. The van der Waals surface area contributed by atoms with E-state index in [0.717, 1.165) is 45.8 Å². The van der Waals surface area contributed by atoms with E-state index in [1.807, 2.05) is 36.4 Å². The lowest BCUT2D eigenvalue weighted by Crippen LogP contribution is -2.53. The van der Waals surface area contributed by atoms with E-state index in [4.69, 9.17) is 0 Å². The normalized spacial score (nSPS) is 18.9. The van der Waals surface area contributed by atoms with Gasteiger partial charge in [0, 0.05) is 32.2 Å². The Hall–Kier alpha value is -1.66. The molecule has 34 heavy (non-hydrogen) atoms. The molecule has 1 aliphatic rings. The highest BCUT2D eigenvalue weighted by atomic mass is 79.9. The minimum absolute atomic E-state index is 0.00728. The van der Waals surface area contributed by atoms with Crippen LogP contribution in [0.1, 0.15) is 99.1 Å². The summed E-state index contributed by atoms with van der Waals surface area (Å²) in [7, 11) is 0. The highest BCUT2D eigenvalue weighted by Crippen LogP contribution is 2.32. The number of hydrogen-bond acceptors (Lipinski definition) is 2. The van der Waals surface area contributed by atoms with E-state index >= 15 is 0 Å². The Balaban J connectivity index is 1.71. The lowest BCUT2D eigenvalue weighted by Gasteiger charge is -2.33. The Kier molecular flexibility index (Phi) is 8.34. The van der Waals surface area contributed by atoms with Crippen molar-refractivity contribution >= 4 is 43.7 Å². The van der Waals surface area contributed by atoms with Gasteiger partial charge in [-0.3, -0.25) is 9.59 Å². The minimum atomic E-state index is -0.107. The van der Waals surface area contributed by atoms with Crippen LogP contribution in [0, 0.1) is 0 Å². The Morgan fingerprint density at radius 1 is 0.706 bits per heavy atom. The molecule has 2 aromatic rings. The van der Waals surface area contributed by atoms with Gasteiger partial charge >= 0.3 is 0 Å². The van der Waals surface area contributed by atoms with E-state index in [-0.39, 0.29) is 34.7 Å². The third-order valence-corrected chi connectivity index (χ3v) is 7.79. The number of amides is 2. The lowest BCUT2D eigenvalue weighted by atomic mass is 9.86. The zero-order valence-corrected chi connectivity index (χ0v) is 24.2. The third kappa shape index (κ3) is 6.51. The first-order valence-electron chi connectivity index (χ1n) is 12.0. The quantitative estimate of drug-likeness (QED) is 0.392. The predicted molar refractivity (Wildman–Crippen MR) is 147 cm³/mol. The van der Waals surface area contributed by atoms with Crippen LogP contribution in [0.25, 0.3) is 0 Å². The number of rotatable bonds is 4. The van der Waals surface area contributed by atoms with Crippen LogP contribution in [0.4, 0.5) is 0 Å². The molecule has 0 saturated heterocycles. The van der Waals surface area contributed by atoms with Crippen LogP contribution in [0.3, 0.4) is 0 Å². The largest absolute Gasteiger partial charge is 0.347 e. The molecule has 1 saturated carbocycles. The van der Waals surface area contributed by atoms with Gasteiger partial charge in [0.1, 0.15) is 0 Å². The molecular weight excluding hydrogens is 556 g/mol. The molecule has 0 aromatic heterocycles. The molecule has 0 aliphatic heterocycles. The fourth-order valence-corrected chi connectivity index (χ4v) is 6.46. The lowest BCUT2D eigenvalue weighted by molar-refractivity contribution is 0.0862. The van der Waals surface area contributed by atoms with Crippen molar-refractivity contribution in [3.05, 3.63) is 67.6 Å². The van der Waals surface area contributed by atoms with Crippen LogP contribution >= 0.6 is 31.9 Å². The molecule has 2 atom stereocenters. The van der Waals surface area contributed by atoms with Crippen molar-refractivity contribution in [3.63, 3.8) is 0 Å². The molecule has 2 aromatic carbocycles. The summed E-state index contributed by atoms with van der Waals surface area (Å²) in [6, 6.07) is 11.4. The number of nitrogens with one attached hydrogen (secondary N) is 2. The Bertz CT molecular complexity index is 982. The summed E-state index contributed by atoms with van der Waals surface area (Å²) in [5, 5.41) is 6.37. The molecule has 2 amide bonds. The van der Waals surface area contributed by atoms with Crippen LogP contribution in [0.2, 0.25) is 0 Å². The van der Waals surface area contributed by atoms with E-state index in [1.54, 1.807) is 0 Å².